The third-order valence-electron chi connectivity index (χ3n) is 3.15. The lowest BCUT2D eigenvalue weighted by Gasteiger charge is -2.05. The number of benzene rings is 2. The van der Waals surface area contributed by atoms with Crippen molar-refractivity contribution in [3.8, 4) is 0 Å². The first-order valence-corrected chi connectivity index (χ1v) is 6.77. The summed E-state index contributed by atoms with van der Waals surface area (Å²) in [6.07, 6.45) is 0. The number of azo groups is 1. The lowest BCUT2D eigenvalue weighted by Crippen LogP contribution is -1.88. The molecule has 2 aromatic rings. The molecule has 2 aromatic carbocycles. The molecule has 0 bridgehead atoms. The van der Waals surface area contributed by atoms with Crippen LogP contribution in [0.15, 0.2) is 58.8 Å². The highest BCUT2D eigenvalue weighted by atomic mass is 16.6. The molecule has 0 atom stereocenters. The SMILES string of the molecule is CC(C)c1ccc(CN=Nc2ccc([N+](=O)[O-])cc2)cc1. The molecule has 108 valence electrons. The van der Waals surface area contributed by atoms with Crippen LogP contribution in [0, 0.1) is 10.1 Å². The van der Waals surface area contributed by atoms with E-state index in [9.17, 15) is 10.1 Å². The Kier molecular flexibility index (Phi) is 4.77. The summed E-state index contributed by atoms with van der Waals surface area (Å²) in [5.41, 5.74) is 3.05. The molecule has 5 nitrogen and oxygen atoms in total. The van der Waals surface area contributed by atoms with Gasteiger partial charge in [-0.25, -0.2) is 0 Å². The fourth-order valence-corrected chi connectivity index (χ4v) is 1.85. The van der Waals surface area contributed by atoms with Gasteiger partial charge < -0.3 is 0 Å². The fourth-order valence-electron chi connectivity index (χ4n) is 1.85. The van der Waals surface area contributed by atoms with E-state index in [0.29, 0.717) is 18.2 Å². The van der Waals surface area contributed by atoms with Crippen LogP contribution in [-0.2, 0) is 6.54 Å². The van der Waals surface area contributed by atoms with E-state index in [1.807, 2.05) is 12.1 Å². The summed E-state index contributed by atoms with van der Waals surface area (Å²) in [5, 5.41) is 18.7. The lowest BCUT2D eigenvalue weighted by atomic mass is 10.0. The summed E-state index contributed by atoms with van der Waals surface area (Å²) in [6.45, 7) is 4.81. The summed E-state index contributed by atoms with van der Waals surface area (Å²) in [4.78, 5) is 10.1. The van der Waals surface area contributed by atoms with Crippen LogP contribution in [0.25, 0.3) is 0 Å². The first-order valence-electron chi connectivity index (χ1n) is 6.77. The van der Waals surface area contributed by atoms with E-state index in [4.69, 9.17) is 0 Å². The average Bonchev–Trinajstić information content (AvgIpc) is 2.48. The molecule has 21 heavy (non-hydrogen) atoms. The Morgan fingerprint density at radius 1 is 1.05 bits per heavy atom. The smallest absolute Gasteiger partial charge is 0.258 e. The minimum atomic E-state index is -0.433. The number of nitro groups is 1. The zero-order valence-corrected chi connectivity index (χ0v) is 12.1. The lowest BCUT2D eigenvalue weighted by molar-refractivity contribution is -0.384. The van der Waals surface area contributed by atoms with Crippen LogP contribution >= 0.6 is 0 Å². The topological polar surface area (TPSA) is 67.9 Å². The van der Waals surface area contributed by atoms with Crippen molar-refractivity contribution < 1.29 is 4.92 Å². The van der Waals surface area contributed by atoms with E-state index < -0.39 is 4.92 Å². The average molecular weight is 283 g/mol. The molecule has 2 rings (SSSR count). The van der Waals surface area contributed by atoms with Gasteiger partial charge in [-0.05, 0) is 29.2 Å². The highest BCUT2D eigenvalue weighted by Gasteiger charge is 2.03. The van der Waals surface area contributed by atoms with Gasteiger partial charge in [0.1, 0.15) is 0 Å². The van der Waals surface area contributed by atoms with Gasteiger partial charge in [-0.1, -0.05) is 38.1 Å². The molecule has 0 aliphatic carbocycles. The molecule has 0 heterocycles. The van der Waals surface area contributed by atoms with E-state index >= 15 is 0 Å². The molecule has 0 amide bonds. The Hall–Kier alpha value is -2.56. The first kappa shape index (κ1) is 14.8. The summed E-state index contributed by atoms with van der Waals surface area (Å²) >= 11 is 0. The van der Waals surface area contributed by atoms with Crippen LogP contribution in [0.2, 0.25) is 0 Å². The highest BCUT2D eigenvalue weighted by molar-refractivity contribution is 5.43. The Morgan fingerprint density at radius 2 is 1.67 bits per heavy atom. The molecule has 0 N–H and O–H groups in total. The van der Waals surface area contributed by atoms with Gasteiger partial charge in [0.15, 0.2) is 0 Å². The number of hydrogen-bond donors (Lipinski definition) is 0. The largest absolute Gasteiger partial charge is 0.269 e. The van der Waals surface area contributed by atoms with Crippen molar-refractivity contribution in [3.05, 3.63) is 69.8 Å². The van der Waals surface area contributed by atoms with E-state index in [1.54, 1.807) is 12.1 Å². The van der Waals surface area contributed by atoms with Crippen LogP contribution in [0.3, 0.4) is 0 Å². The molecule has 0 fully saturated rings. The standard InChI is InChI=1S/C16H17N3O2/c1-12(2)14-5-3-13(4-6-14)11-17-18-15-7-9-16(10-8-15)19(20)21/h3-10,12H,11H2,1-2H3. The van der Waals surface area contributed by atoms with E-state index in [0.717, 1.165) is 5.56 Å². The summed E-state index contributed by atoms with van der Waals surface area (Å²) in [7, 11) is 0. The maximum absolute atomic E-state index is 10.5. The van der Waals surface area contributed by atoms with Gasteiger partial charge in [0, 0.05) is 12.1 Å². The Labute approximate surface area is 123 Å². The predicted octanol–water partition coefficient (Wildman–Crippen LogP) is 5.00. The molecule has 0 aliphatic heterocycles. The van der Waals surface area contributed by atoms with Crippen LogP contribution in [-0.4, -0.2) is 4.92 Å². The van der Waals surface area contributed by atoms with Crippen molar-refractivity contribution in [1.29, 1.82) is 0 Å². The zero-order valence-electron chi connectivity index (χ0n) is 12.1. The Bertz CT molecular complexity index is 632. The molecular formula is C16H17N3O2. The van der Waals surface area contributed by atoms with Crippen LogP contribution in [0.1, 0.15) is 30.9 Å². The van der Waals surface area contributed by atoms with Gasteiger partial charge >= 0.3 is 0 Å². The van der Waals surface area contributed by atoms with Crippen molar-refractivity contribution in [2.75, 3.05) is 0 Å². The second-order valence-corrected chi connectivity index (χ2v) is 5.07. The second kappa shape index (κ2) is 6.74. The van der Waals surface area contributed by atoms with E-state index in [-0.39, 0.29) is 5.69 Å². The number of rotatable bonds is 5. The number of nitro benzene ring substituents is 1. The number of non-ortho nitro benzene ring substituents is 1. The first-order chi connectivity index (χ1) is 10.1. The molecular weight excluding hydrogens is 266 g/mol. The van der Waals surface area contributed by atoms with Crippen molar-refractivity contribution in [2.45, 2.75) is 26.3 Å². The van der Waals surface area contributed by atoms with E-state index in [1.165, 1.54) is 17.7 Å². The van der Waals surface area contributed by atoms with Gasteiger partial charge in [-0.3, -0.25) is 10.1 Å². The third kappa shape index (κ3) is 4.21. The van der Waals surface area contributed by atoms with Gasteiger partial charge in [0.2, 0.25) is 0 Å². The number of hydrogen-bond acceptors (Lipinski definition) is 4. The molecule has 0 saturated heterocycles. The predicted molar refractivity (Wildman–Crippen MR) is 81.8 cm³/mol. The van der Waals surface area contributed by atoms with E-state index in [2.05, 4.69) is 36.2 Å². The van der Waals surface area contributed by atoms with Gasteiger partial charge in [0.25, 0.3) is 5.69 Å². The van der Waals surface area contributed by atoms with Crippen LogP contribution < -0.4 is 0 Å². The molecule has 0 spiro atoms. The molecule has 5 heteroatoms. The number of nitrogens with zero attached hydrogens (tertiary/aromatic N) is 3. The summed E-state index contributed by atoms with van der Waals surface area (Å²) in [5.74, 6) is 0.515. The quantitative estimate of drug-likeness (QED) is 0.440. The van der Waals surface area contributed by atoms with Gasteiger partial charge in [-0.2, -0.15) is 10.2 Å². The minimum Gasteiger partial charge on any atom is -0.258 e. The Morgan fingerprint density at radius 3 is 2.19 bits per heavy atom. The molecule has 0 aliphatic rings. The van der Waals surface area contributed by atoms with Crippen molar-refractivity contribution in [2.24, 2.45) is 10.2 Å². The van der Waals surface area contributed by atoms with Crippen molar-refractivity contribution in [3.63, 3.8) is 0 Å². The molecule has 0 aromatic heterocycles. The highest BCUT2D eigenvalue weighted by Crippen LogP contribution is 2.19. The Balaban J connectivity index is 1.97. The second-order valence-electron chi connectivity index (χ2n) is 5.07. The minimum absolute atomic E-state index is 0.0539. The fraction of sp³-hybridized carbons (Fsp3) is 0.250. The summed E-state index contributed by atoms with van der Waals surface area (Å²) < 4.78 is 0. The monoisotopic (exact) mass is 283 g/mol. The van der Waals surface area contributed by atoms with Crippen molar-refractivity contribution >= 4 is 11.4 Å². The zero-order chi connectivity index (χ0) is 15.2. The van der Waals surface area contributed by atoms with Crippen LogP contribution in [0.5, 0.6) is 0 Å². The van der Waals surface area contributed by atoms with Gasteiger partial charge in [-0.15, -0.1) is 0 Å². The third-order valence-corrected chi connectivity index (χ3v) is 3.15. The molecule has 0 radical (unpaired) electrons. The maximum atomic E-state index is 10.5. The molecule has 0 unspecified atom stereocenters. The van der Waals surface area contributed by atoms with Crippen molar-refractivity contribution in [1.82, 2.24) is 0 Å². The van der Waals surface area contributed by atoms with Gasteiger partial charge in [0.05, 0.1) is 17.2 Å². The summed E-state index contributed by atoms with van der Waals surface area (Å²) in [6, 6.07) is 14.3. The molecule has 0 saturated carbocycles. The maximum Gasteiger partial charge on any atom is 0.269 e. The van der Waals surface area contributed by atoms with Crippen LogP contribution in [0.4, 0.5) is 11.4 Å². The normalized spacial score (nSPS) is 11.2.